The zero-order valence-corrected chi connectivity index (χ0v) is 17.2. The summed E-state index contributed by atoms with van der Waals surface area (Å²) < 4.78 is 50.1. The second-order valence-corrected chi connectivity index (χ2v) is 7.35. The van der Waals surface area contributed by atoms with Gasteiger partial charge in [-0.05, 0) is 35.7 Å². The van der Waals surface area contributed by atoms with Gasteiger partial charge in [-0.3, -0.25) is 4.79 Å². The number of fused-ring (bicyclic) bond motifs is 1. The highest BCUT2D eigenvalue weighted by atomic mass is 19.4. The second-order valence-electron chi connectivity index (χ2n) is 7.35. The second kappa shape index (κ2) is 8.86. The SMILES string of the molecule is COc1cnc(OCC2Cc3ccccc3CN2C(=O)c2cccc(C(F)(F)F)c2)nc1. The van der Waals surface area contributed by atoms with E-state index in [4.69, 9.17) is 9.47 Å². The Morgan fingerprint density at radius 2 is 1.81 bits per heavy atom. The Morgan fingerprint density at radius 1 is 1.09 bits per heavy atom. The molecule has 1 amide bonds. The third-order valence-corrected chi connectivity index (χ3v) is 5.30. The minimum atomic E-state index is -4.53. The molecule has 1 aliphatic heterocycles. The van der Waals surface area contributed by atoms with E-state index in [1.165, 1.54) is 31.6 Å². The van der Waals surface area contributed by atoms with Gasteiger partial charge in [-0.15, -0.1) is 0 Å². The molecule has 0 radical (unpaired) electrons. The van der Waals surface area contributed by atoms with Crippen LogP contribution in [-0.4, -0.2) is 40.5 Å². The van der Waals surface area contributed by atoms with Crippen LogP contribution in [0.5, 0.6) is 11.8 Å². The van der Waals surface area contributed by atoms with Crippen LogP contribution in [0.3, 0.4) is 0 Å². The van der Waals surface area contributed by atoms with Crippen LogP contribution in [0.25, 0.3) is 0 Å². The highest BCUT2D eigenvalue weighted by molar-refractivity contribution is 5.94. The fourth-order valence-electron chi connectivity index (χ4n) is 3.62. The Morgan fingerprint density at radius 3 is 2.50 bits per heavy atom. The van der Waals surface area contributed by atoms with E-state index >= 15 is 0 Å². The van der Waals surface area contributed by atoms with Crippen molar-refractivity contribution in [3.63, 3.8) is 0 Å². The van der Waals surface area contributed by atoms with Crippen molar-refractivity contribution >= 4 is 5.91 Å². The molecule has 0 bridgehead atoms. The summed E-state index contributed by atoms with van der Waals surface area (Å²) in [5, 5.41) is 0. The van der Waals surface area contributed by atoms with Crippen molar-refractivity contribution in [2.24, 2.45) is 0 Å². The van der Waals surface area contributed by atoms with Crippen molar-refractivity contribution < 1.29 is 27.4 Å². The van der Waals surface area contributed by atoms with Crippen LogP contribution in [0.1, 0.15) is 27.0 Å². The van der Waals surface area contributed by atoms with Gasteiger partial charge in [0.25, 0.3) is 5.91 Å². The number of hydrogen-bond donors (Lipinski definition) is 0. The monoisotopic (exact) mass is 443 g/mol. The van der Waals surface area contributed by atoms with Crippen LogP contribution < -0.4 is 9.47 Å². The molecule has 1 aromatic heterocycles. The summed E-state index contributed by atoms with van der Waals surface area (Å²) in [6.07, 6.45) is -1.11. The minimum Gasteiger partial charge on any atom is -0.494 e. The minimum absolute atomic E-state index is 0.0232. The number of benzene rings is 2. The fraction of sp³-hybridized carbons (Fsp3) is 0.261. The number of rotatable bonds is 5. The van der Waals surface area contributed by atoms with E-state index in [2.05, 4.69) is 9.97 Å². The number of carbonyl (C=O) groups excluding carboxylic acids is 1. The van der Waals surface area contributed by atoms with Crippen molar-refractivity contribution in [3.05, 3.63) is 83.2 Å². The third-order valence-electron chi connectivity index (χ3n) is 5.30. The fourth-order valence-corrected chi connectivity index (χ4v) is 3.62. The van der Waals surface area contributed by atoms with Crippen molar-refractivity contribution in [2.45, 2.75) is 25.2 Å². The molecule has 3 aromatic rings. The van der Waals surface area contributed by atoms with E-state index in [0.29, 0.717) is 12.2 Å². The Labute approximate surface area is 182 Å². The van der Waals surface area contributed by atoms with Gasteiger partial charge in [0.1, 0.15) is 6.61 Å². The zero-order valence-electron chi connectivity index (χ0n) is 17.2. The summed E-state index contributed by atoms with van der Waals surface area (Å²) in [5.74, 6) is -0.0138. The number of nitrogens with zero attached hydrogens (tertiary/aromatic N) is 3. The Hall–Kier alpha value is -3.62. The van der Waals surface area contributed by atoms with Crippen molar-refractivity contribution in [2.75, 3.05) is 13.7 Å². The van der Waals surface area contributed by atoms with Gasteiger partial charge < -0.3 is 14.4 Å². The van der Waals surface area contributed by atoms with E-state index < -0.39 is 23.7 Å². The lowest BCUT2D eigenvalue weighted by Gasteiger charge is -2.36. The molecule has 1 aliphatic rings. The van der Waals surface area contributed by atoms with Gasteiger partial charge in [-0.2, -0.15) is 23.1 Å². The molecule has 4 rings (SSSR count). The summed E-state index contributed by atoms with van der Waals surface area (Å²) >= 11 is 0. The third kappa shape index (κ3) is 4.66. The molecule has 1 atom stereocenters. The van der Waals surface area contributed by atoms with Crippen LogP contribution in [0.15, 0.2) is 60.9 Å². The molecule has 2 heterocycles. The van der Waals surface area contributed by atoms with Crippen LogP contribution >= 0.6 is 0 Å². The number of ether oxygens (including phenoxy) is 2. The predicted molar refractivity (Wildman–Crippen MR) is 109 cm³/mol. The topological polar surface area (TPSA) is 64.6 Å². The zero-order chi connectivity index (χ0) is 22.7. The number of methoxy groups -OCH3 is 1. The van der Waals surface area contributed by atoms with Gasteiger partial charge in [0, 0.05) is 12.1 Å². The van der Waals surface area contributed by atoms with Crippen LogP contribution in [-0.2, 0) is 19.1 Å². The Bertz CT molecular complexity index is 1100. The van der Waals surface area contributed by atoms with Crippen molar-refractivity contribution in [3.8, 4) is 11.8 Å². The number of amides is 1. The van der Waals surface area contributed by atoms with E-state index in [1.807, 2.05) is 24.3 Å². The van der Waals surface area contributed by atoms with E-state index in [-0.39, 0.29) is 24.7 Å². The van der Waals surface area contributed by atoms with Gasteiger partial charge >= 0.3 is 12.2 Å². The average molecular weight is 443 g/mol. The van der Waals surface area contributed by atoms with Crippen LogP contribution in [0.2, 0.25) is 0 Å². The van der Waals surface area contributed by atoms with Gasteiger partial charge in [-0.1, -0.05) is 30.3 Å². The molecule has 9 heteroatoms. The van der Waals surface area contributed by atoms with E-state index in [0.717, 1.165) is 23.3 Å². The molecule has 0 saturated carbocycles. The lowest BCUT2D eigenvalue weighted by molar-refractivity contribution is -0.137. The highest BCUT2D eigenvalue weighted by Gasteiger charge is 2.34. The predicted octanol–water partition coefficient (Wildman–Crippen LogP) is 4.15. The summed E-state index contributed by atoms with van der Waals surface area (Å²) in [7, 11) is 1.50. The highest BCUT2D eigenvalue weighted by Crippen LogP contribution is 2.31. The van der Waals surface area contributed by atoms with E-state index in [1.54, 1.807) is 4.90 Å². The average Bonchev–Trinajstić information content (AvgIpc) is 2.81. The molecule has 0 fully saturated rings. The summed E-state index contributed by atoms with van der Waals surface area (Å²) in [5.41, 5.74) is 1.12. The molecule has 0 N–H and O–H groups in total. The first kappa shape index (κ1) is 21.6. The molecular weight excluding hydrogens is 423 g/mol. The molecule has 0 saturated heterocycles. The summed E-state index contributed by atoms with van der Waals surface area (Å²) in [6, 6.07) is 11.8. The number of hydrogen-bond acceptors (Lipinski definition) is 5. The number of halogens is 3. The number of aromatic nitrogens is 2. The van der Waals surface area contributed by atoms with Gasteiger partial charge in [0.2, 0.25) is 0 Å². The molecule has 166 valence electrons. The molecule has 2 aromatic carbocycles. The number of alkyl halides is 3. The lowest BCUT2D eigenvalue weighted by atomic mass is 9.93. The lowest BCUT2D eigenvalue weighted by Crippen LogP contribution is -2.47. The first-order chi connectivity index (χ1) is 15.3. The van der Waals surface area contributed by atoms with Crippen molar-refractivity contribution in [1.82, 2.24) is 14.9 Å². The molecule has 32 heavy (non-hydrogen) atoms. The molecule has 1 unspecified atom stereocenters. The van der Waals surface area contributed by atoms with Crippen molar-refractivity contribution in [1.29, 1.82) is 0 Å². The maximum atomic E-state index is 13.2. The largest absolute Gasteiger partial charge is 0.494 e. The smallest absolute Gasteiger partial charge is 0.416 e. The summed E-state index contributed by atoms with van der Waals surface area (Å²) in [6.45, 7) is 0.355. The van der Waals surface area contributed by atoms with Gasteiger partial charge in [-0.25, -0.2) is 0 Å². The Balaban J connectivity index is 1.59. The maximum Gasteiger partial charge on any atom is 0.416 e. The Kier molecular flexibility index (Phi) is 5.98. The molecular formula is C23H20F3N3O3. The molecule has 6 nitrogen and oxygen atoms in total. The molecule has 0 spiro atoms. The maximum absolute atomic E-state index is 13.2. The first-order valence-corrected chi connectivity index (χ1v) is 9.89. The quantitative estimate of drug-likeness (QED) is 0.593. The summed E-state index contributed by atoms with van der Waals surface area (Å²) in [4.78, 5) is 22.9. The first-order valence-electron chi connectivity index (χ1n) is 9.89. The van der Waals surface area contributed by atoms with Gasteiger partial charge in [0.05, 0.1) is 31.1 Å². The standard InChI is InChI=1S/C23H20F3N3O3/c1-31-20-11-27-22(28-12-20)32-14-19-10-15-5-2-3-6-17(15)13-29(19)21(30)16-7-4-8-18(9-16)23(24,25)26/h2-9,11-12,19H,10,13-14H2,1H3. The normalized spacial score (nSPS) is 15.8. The van der Waals surface area contributed by atoms with Crippen LogP contribution in [0.4, 0.5) is 13.2 Å². The van der Waals surface area contributed by atoms with Crippen LogP contribution in [0, 0.1) is 0 Å². The number of carbonyl (C=O) groups is 1. The van der Waals surface area contributed by atoms with Gasteiger partial charge in [0.15, 0.2) is 5.75 Å². The molecule has 0 aliphatic carbocycles. The van der Waals surface area contributed by atoms with E-state index in [9.17, 15) is 18.0 Å².